The molecule has 2 aromatic rings. The first-order valence-electron chi connectivity index (χ1n) is 8.25. The van der Waals surface area contributed by atoms with Crippen LogP contribution in [0, 0.1) is 0 Å². The third-order valence-corrected chi connectivity index (χ3v) is 3.89. The molecule has 0 saturated carbocycles. The van der Waals surface area contributed by atoms with Crippen LogP contribution in [0.15, 0.2) is 36.4 Å². The van der Waals surface area contributed by atoms with E-state index in [-0.39, 0.29) is 5.91 Å². The van der Waals surface area contributed by atoms with Crippen LogP contribution in [0.1, 0.15) is 13.3 Å². The minimum atomic E-state index is -0.147. The molecule has 0 radical (unpaired) electrons. The molecule has 0 unspecified atom stereocenters. The van der Waals surface area contributed by atoms with Gasteiger partial charge in [-0.3, -0.25) is 4.79 Å². The van der Waals surface area contributed by atoms with Crippen LogP contribution in [0.2, 0.25) is 5.02 Å². The summed E-state index contributed by atoms with van der Waals surface area (Å²) < 4.78 is 15.8. The summed E-state index contributed by atoms with van der Waals surface area (Å²) in [6.07, 6.45) is 0.293. The average Bonchev–Trinajstić information content (AvgIpc) is 2.64. The van der Waals surface area contributed by atoms with Gasteiger partial charge in [0, 0.05) is 30.8 Å². The fraction of sp³-hybridized carbons (Fsp3) is 0.316. The van der Waals surface area contributed by atoms with Gasteiger partial charge in [-0.25, -0.2) is 0 Å². The molecule has 7 heteroatoms. The van der Waals surface area contributed by atoms with Crippen LogP contribution in [-0.4, -0.2) is 33.3 Å². The van der Waals surface area contributed by atoms with Crippen molar-refractivity contribution in [3.63, 3.8) is 0 Å². The van der Waals surface area contributed by atoms with Crippen LogP contribution in [0.5, 0.6) is 17.2 Å². The lowest BCUT2D eigenvalue weighted by molar-refractivity contribution is -0.116. The zero-order valence-electron chi connectivity index (χ0n) is 15.1. The van der Waals surface area contributed by atoms with Crippen molar-refractivity contribution in [3.8, 4) is 17.2 Å². The number of anilines is 2. The van der Waals surface area contributed by atoms with Gasteiger partial charge in [0.25, 0.3) is 0 Å². The first kappa shape index (κ1) is 19.7. The van der Waals surface area contributed by atoms with Crippen LogP contribution in [0.3, 0.4) is 0 Å². The van der Waals surface area contributed by atoms with Gasteiger partial charge in [0.2, 0.25) is 5.91 Å². The molecular weight excluding hydrogens is 356 g/mol. The molecule has 0 aliphatic heterocycles. The van der Waals surface area contributed by atoms with Gasteiger partial charge in [-0.05, 0) is 31.2 Å². The van der Waals surface area contributed by atoms with Crippen LogP contribution >= 0.6 is 11.6 Å². The van der Waals surface area contributed by atoms with Crippen LogP contribution in [0.4, 0.5) is 11.4 Å². The van der Waals surface area contributed by atoms with Gasteiger partial charge in [-0.1, -0.05) is 11.6 Å². The van der Waals surface area contributed by atoms with Crippen molar-refractivity contribution in [1.29, 1.82) is 0 Å². The predicted molar refractivity (Wildman–Crippen MR) is 104 cm³/mol. The van der Waals surface area contributed by atoms with Gasteiger partial charge < -0.3 is 24.8 Å². The number of hydrogen-bond acceptors (Lipinski definition) is 5. The van der Waals surface area contributed by atoms with E-state index in [1.54, 1.807) is 12.1 Å². The number of halogens is 1. The molecule has 0 aliphatic carbocycles. The molecule has 0 aromatic heterocycles. The van der Waals surface area contributed by atoms with Crippen molar-refractivity contribution < 1.29 is 19.0 Å². The van der Waals surface area contributed by atoms with E-state index >= 15 is 0 Å². The highest BCUT2D eigenvalue weighted by Gasteiger charge is 2.12. The fourth-order valence-electron chi connectivity index (χ4n) is 2.33. The minimum absolute atomic E-state index is 0.147. The summed E-state index contributed by atoms with van der Waals surface area (Å²) >= 11 is 6.06. The summed E-state index contributed by atoms with van der Waals surface area (Å²) in [6, 6.07) is 10.8. The number of ether oxygens (including phenoxy) is 3. The highest BCUT2D eigenvalue weighted by Crippen LogP contribution is 2.35. The minimum Gasteiger partial charge on any atom is -0.495 e. The molecule has 26 heavy (non-hydrogen) atoms. The van der Waals surface area contributed by atoms with E-state index in [0.29, 0.717) is 41.8 Å². The zero-order chi connectivity index (χ0) is 18.9. The molecule has 0 atom stereocenters. The summed E-state index contributed by atoms with van der Waals surface area (Å²) in [7, 11) is 3.03. The molecule has 6 nitrogen and oxygen atoms in total. The Labute approximate surface area is 158 Å². The second kappa shape index (κ2) is 9.77. The quantitative estimate of drug-likeness (QED) is 0.684. The number of benzene rings is 2. The van der Waals surface area contributed by atoms with Gasteiger partial charge in [0.1, 0.15) is 17.2 Å². The molecule has 140 valence electrons. The Morgan fingerprint density at radius 1 is 1.08 bits per heavy atom. The van der Waals surface area contributed by atoms with Gasteiger partial charge in [-0.15, -0.1) is 0 Å². The maximum absolute atomic E-state index is 12.2. The Morgan fingerprint density at radius 2 is 1.77 bits per heavy atom. The van der Waals surface area contributed by atoms with Crippen molar-refractivity contribution in [3.05, 3.63) is 41.4 Å². The summed E-state index contributed by atoms with van der Waals surface area (Å²) in [5, 5.41) is 6.43. The van der Waals surface area contributed by atoms with E-state index in [4.69, 9.17) is 25.8 Å². The van der Waals surface area contributed by atoms with Crippen LogP contribution in [0.25, 0.3) is 0 Å². The predicted octanol–water partition coefficient (Wildman–Crippen LogP) is 4.20. The summed E-state index contributed by atoms with van der Waals surface area (Å²) in [5.74, 6) is 1.62. The number of hydrogen-bond donors (Lipinski definition) is 2. The van der Waals surface area contributed by atoms with E-state index in [0.717, 1.165) is 11.4 Å². The van der Waals surface area contributed by atoms with E-state index in [1.807, 2.05) is 31.2 Å². The van der Waals surface area contributed by atoms with Crippen molar-refractivity contribution in [1.82, 2.24) is 0 Å². The molecule has 2 rings (SSSR count). The SMILES string of the molecule is CCOc1ccc(NCCC(=O)Nc2cc(OC)c(Cl)cc2OC)cc1. The van der Waals surface area contributed by atoms with Gasteiger partial charge in [-0.2, -0.15) is 0 Å². The molecule has 0 heterocycles. The Bertz CT molecular complexity index is 735. The molecular formula is C19H23ClN2O4. The Kier molecular flexibility index (Phi) is 7.41. The summed E-state index contributed by atoms with van der Waals surface area (Å²) in [5.41, 5.74) is 1.44. The van der Waals surface area contributed by atoms with Gasteiger partial charge in [0.15, 0.2) is 0 Å². The lowest BCUT2D eigenvalue weighted by atomic mass is 10.2. The summed E-state index contributed by atoms with van der Waals surface area (Å²) in [6.45, 7) is 3.06. The standard InChI is InChI=1S/C19H23ClN2O4/c1-4-26-14-7-5-13(6-8-14)21-10-9-19(23)22-16-12-17(24-2)15(20)11-18(16)25-3/h5-8,11-12,21H,4,9-10H2,1-3H3,(H,22,23). The monoisotopic (exact) mass is 378 g/mol. The van der Waals surface area contributed by atoms with Crippen LogP contribution in [-0.2, 0) is 4.79 Å². The number of nitrogens with one attached hydrogen (secondary N) is 2. The Morgan fingerprint density at radius 3 is 2.38 bits per heavy atom. The lowest BCUT2D eigenvalue weighted by Gasteiger charge is -2.13. The lowest BCUT2D eigenvalue weighted by Crippen LogP contribution is -2.16. The molecule has 2 aromatic carbocycles. The number of amides is 1. The van der Waals surface area contributed by atoms with Crippen molar-refractivity contribution in [2.24, 2.45) is 0 Å². The maximum Gasteiger partial charge on any atom is 0.226 e. The van der Waals surface area contributed by atoms with Crippen molar-refractivity contribution in [2.45, 2.75) is 13.3 Å². The number of methoxy groups -OCH3 is 2. The zero-order valence-corrected chi connectivity index (χ0v) is 15.9. The second-order valence-electron chi connectivity index (χ2n) is 5.37. The fourth-order valence-corrected chi connectivity index (χ4v) is 2.56. The molecule has 2 N–H and O–H groups in total. The number of carbonyl (C=O) groups is 1. The third-order valence-electron chi connectivity index (χ3n) is 3.59. The topological polar surface area (TPSA) is 68.8 Å². The smallest absolute Gasteiger partial charge is 0.226 e. The van der Waals surface area contributed by atoms with E-state index < -0.39 is 0 Å². The summed E-state index contributed by atoms with van der Waals surface area (Å²) in [4.78, 5) is 12.2. The second-order valence-corrected chi connectivity index (χ2v) is 5.78. The molecule has 0 saturated heterocycles. The molecule has 1 amide bonds. The number of carbonyl (C=O) groups excluding carboxylic acids is 1. The Hall–Kier alpha value is -2.60. The van der Waals surface area contributed by atoms with Crippen molar-refractivity contribution >= 4 is 28.9 Å². The van der Waals surface area contributed by atoms with E-state index in [1.165, 1.54) is 14.2 Å². The molecule has 0 fully saturated rings. The normalized spacial score (nSPS) is 10.2. The highest BCUT2D eigenvalue weighted by atomic mass is 35.5. The van der Waals surface area contributed by atoms with Gasteiger partial charge in [0.05, 0.1) is 31.5 Å². The molecule has 0 bridgehead atoms. The maximum atomic E-state index is 12.2. The first-order valence-corrected chi connectivity index (χ1v) is 8.63. The largest absolute Gasteiger partial charge is 0.495 e. The molecule has 0 aliphatic rings. The third kappa shape index (κ3) is 5.46. The van der Waals surface area contributed by atoms with Gasteiger partial charge >= 0.3 is 0 Å². The Balaban J connectivity index is 1.88. The van der Waals surface area contributed by atoms with E-state index in [9.17, 15) is 4.79 Å². The van der Waals surface area contributed by atoms with Crippen LogP contribution < -0.4 is 24.8 Å². The average molecular weight is 379 g/mol. The van der Waals surface area contributed by atoms with E-state index in [2.05, 4.69) is 10.6 Å². The molecule has 0 spiro atoms. The highest BCUT2D eigenvalue weighted by molar-refractivity contribution is 6.32. The first-order chi connectivity index (χ1) is 12.6. The number of rotatable bonds is 9. The van der Waals surface area contributed by atoms with Crippen molar-refractivity contribution in [2.75, 3.05) is 38.0 Å².